The fourth-order valence-corrected chi connectivity index (χ4v) is 3.39. The van der Waals surface area contributed by atoms with Crippen molar-refractivity contribution in [3.63, 3.8) is 0 Å². The third-order valence-electron chi connectivity index (χ3n) is 5.26. The summed E-state index contributed by atoms with van der Waals surface area (Å²) in [6, 6.07) is 12.8. The van der Waals surface area contributed by atoms with E-state index < -0.39 is 0 Å². The van der Waals surface area contributed by atoms with Crippen molar-refractivity contribution in [1.29, 1.82) is 0 Å². The maximum absolute atomic E-state index is 5.44. The Morgan fingerprint density at radius 3 is 1.69 bits per heavy atom. The molecule has 3 heteroatoms. The standard InChI is InChI=1S/C23H32O3/c1-7-20-14-18(8-10-21(20)24-4)12-16(2)17(3)13-19-9-11-22(25-5)23(15-19)26-6/h8-11,14-17H,7,12-13H2,1-6H3/t16-,17+/m0/s1. The molecule has 0 saturated carbocycles. The summed E-state index contributed by atoms with van der Waals surface area (Å²) in [5.74, 6) is 3.72. The van der Waals surface area contributed by atoms with Gasteiger partial charge in [-0.2, -0.15) is 0 Å². The number of hydrogen-bond acceptors (Lipinski definition) is 3. The van der Waals surface area contributed by atoms with E-state index in [1.165, 1.54) is 16.7 Å². The highest BCUT2D eigenvalue weighted by Crippen LogP contribution is 2.30. The molecule has 0 unspecified atom stereocenters. The van der Waals surface area contributed by atoms with E-state index in [0.29, 0.717) is 11.8 Å². The van der Waals surface area contributed by atoms with Crippen LogP contribution in [0.3, 0.4) is 0 Å². The number of hydrogen-bond donors (Lipinski definition) is 0. The van der Waals surface area contributed by atoms with E-state index >= 15 is 0 Å². The fraction of sp³-hybridized carbons (Fsp3) is 0.478. The van der Waals surface area contributed by atoms with Crippen LogP contribution in [0, 0.1) is 11.8 Å². The molecule has 0 amide bonds. The van der Waals surface area contributed by atoms with Crippen LogP contribution in [0.25, 0.3) is 0 Å². The molecule has 0 aliphatic carbocycles. The maximum atomic E-state index is 5.44. The molecule has 2 atom stereocenters. The second-order valence-corrected chi connectivity index (χ2v) is 7.05. The van der Waals surface area contributed by atoms with Gasteiger partial charge in [0.15, 0.2) is 11.5 Å². The quantitative estimate of drug-likeness (QED) is 0.607. The van der Waals surface area contributed by atoms with Crippen molar-refractivity contribution in [2.45, 2.75) is 40.0 Å². The molecule has 2 aromatic rings. The van der Waals surface area contributed by atoms with E-state index in [2.05, 4.69) is 51.1 Å². The van der Waals surface area contributed by atoms with E-state index in [-0.39, 0.29) is 0 Å². The summed E-state index contributed by atoms with van der Waals surface area (Å²) in [5, 5.41) is 0. The van der Waals surface area contributed by atoms with Crippen molar-refractivity contribution >= 4 is 0 Å². The molecule has 0 heterocycles. The average Bonchev–Trinajstić information content (AvgIpc) is 2.67. The zero-order valence-electron chi connectivity index (χ0n) is 17.0. The van der Waals surface area contributed by atoms with Crippen LogP contribution in [0.2, 0.25) is 0 Å². The summed E-state index contributed by atoms with van der Waals surface area (Å²) >= 11 is 0. The van der Waals surface area contributed by atoms with Crippen molar-refractivity contribution in [1.82, 2.24) is 0 Å². The monoisotopic (exact) mass is 356 g/mol. The SMILES string of the molecule is CCc1cc(C[C@H](C)[C@H](C)Cc2ccc(OC)c(OC)c2)ccc1OC. The van der Waals surface area contributed by atoms with Gasteiger partial charge in [-0.3, -0.25) is 0 Å². The second kappa shape index (κ2) is 9.51. The molecule has 142 valence electrons. The highest BCUT2D eigenvalue weighted by molar-refractivity contribution is 5.43. The smallest absolute Gasteiger partial charge is 0.160 e. The Balaban J connectivity index is 2.04. The lowest BCUT2D eigenvalue weighted by atomic mass is 9.85. The van der Waals surface area contributed by atoms with Crippen LogP contribution in [0.5, 0.6) is 17.2 Å². The molecule has 3 nitrogen and oxygen atoms in total. The molecule has 2 rings (SSSR count). The number of aryl methyl sites for hydroxylation is 1. The molecule has 0 aliphatic rings. The van der Waals surface area contributed by atoms with Crippen molar-refractivity contribution in [2.75, 3.05) is 21.3 Å². The summed E-state index contributed by atoms with van der Waals surface area (Å²) < 4.78 is 16.2. The molecule has 0 fully saturated rings. The number of rotatable bonds is 9. The molecule has 26 heavy (non-hydrogen) atoms. The van der Waals surface area contributed by atoms with Crippen molar-refractivity contribution in [3.8, 4) is 17.2 Å². The highest BCUT2D eigenvalue weighted by Gasteiger charge is 2.16. The minimum absolute atomic E-state index is 0.570. The molecular weight excluding hydrogens is 324 g/mol. The third-order valence-corrected chi connectivity index (χ3v) is 5.26. The van der Waals surface area contributed by atoms with E-state index in [1.807, 2.05) is 6.07 Å². The Hall–Kier alpha value is -2.16. The van der Waals surface area contributed by atoms with Gasteiger partial charge >= 0.3 is 0 Å². The molecule has 0 aliphatic heterocycles. The van der Waals surface area contributed by atoms with Gasteiger partial charge in [-0.05, 0) is 66.0 Å². The Morgan fingerprint density at radius 2 is 1.19 bits per heavy atom. The largest absolute Gasteiger partial charge is 0.496 e. The maximum Gasteiger partial charge on any atom is 0.160 e. The second-order valence-electron chi connectivity index (χ2n) is 7.05. The summed E-state index contributed by atoms with van der Waals surface area (Å²) in [5.41, 5.74) is 3.95. The topological polar surface area (TPSA) is 27.7 Å². The van der Waals surface area contributed by atoms with Gasteiger partial charge in [0.25, 0.3) is 0 Å². The van der Waals surface area contributed by atoms with Crippen LogP contribution < -0.4 is 14.2 Å². The molecular formula is C23H32O3. The number of methoxy groups -OCH3 is 3. The minimum atomic E-state index is 0.570. The summed E-state index contributed by atoms with van der Waals surface area (Å²) in [7, 11) is 5.09. The van der Waals surface area contributed by atoms with Gasteiger partial charge in [0, 0.05) is 0 Å². The van der Waals surface area contributed by atoms with E-state index in [9.17, 15) is 0 Å². The lowest BCUT2D eigenvalue weighted by Crippen LogP contribution is -2.14. The Kier molecular flexibility index (Phi) is 7.38. The molecule has 2 aromatic carbocycles. The first-order chi connectivity index (χ1) is 12.5. The van der Waals surface area contributed by atoms with Gasteiger partial charge in [0.2, 0.25) is 0 Å². The van der Waals surface area contributed by atoms with E-state index in [4.69, 9.17) is 14.2 Å². The first kappa shape index (κ1) is 20.2. The first-order valence-corrected chi connectivity index (χ1v) is 9.39. The van der Waals surface area contributed by atoms with Gasteiger partial charge in [-0.15, -0.1) is 0 Å². The number of ether oxygens (including phenoxy) is 3. The Bertz CT molecular complexity index is 647. The lowest BCUT2D eigenvalue weighted by Gasteiger charge is -2.21. The molecule has 0 saturated heterocycles. The van der Waals surface area contributed by atoms with Crippen molar-refractivity contribution in [2.24, 2.45) is 11.8 Å². The molecule has 0 bridgehead atoms. The lowest BCUT2D eigenvalue weighted by molar-refractivity contribution is 0.352. The average molecular weight is 357 g/mol. The van der Waals surface area contributed by atoms with Crippen LogP contribution >= 0.6 is 0 Å². The third kappa shape index (κ3) is 4.94. The molecule has 0 aromatic heterocycles. The van der Waals surface area contributed by atoms with Crippen molar-refractivity contribution in [3.05, 3.63) is 53.1 Å². The van der Waals surface area contributed by atoms with Crippen LogP contribution in [0.15, 0.2) is 36.4 Å². The van der Waals surface area contributed by atoms with Crippen LogP contribution in [0.1, 0.15) is 37.5 Å². The minimum Gasteiger partial charge on any atom is -0.496 e. The molecule has 0 radical (unpaired) electrons. The zero-order chi connectivity index (χ0) is 19.1. The van der Waals surface area contributed by atoms with Crippen LogP contribution in [-0.2, 0) is 19.3 Å². The highest BCUT2D eigenvalue weighted by atomic mass is 16.5. The molecule has 0 N–H and O–H groups in total. The van der Waals surface area contributed by atoms with Gasteiger partial charge in [0.05, 0.1) is 21.3 Å². The van der Waals surface area contributed by atoms with Gasteiger partial charge in [-0.25, -0.2) is 0 Å². The summed E-state index contributed by atoms with van der Waals surface area (Å²) in [6.07, 6.45) is 3.09. The van der Waals surface area contributed by atoms with Crippen LogP contribution in [-0.4, -0.2) is 21.3 Å². The van der Waals surface area contributed by atoms with Gasteiger partial charge in [0.1, 0.15) is 5.75 Å². The summed E-state index contributed by atoms with van der Waals surface area (Å²) in [6.45, 7) is 6.83. The first-order valence-electron chi connectivity index (χ1n) is 9.39. The van der Waals surface area contributed by atoms with E-state index in [1.54, 1.807) is 21.3 Å². The molecule has 0 spiro atoms. The zero-order valence-corrected chi connectivity index (χ0v) is 17.0. The Labute approximate surface area is 158 Å². The summed E-state index contributed by atoms with van der Waals surface area (Å²) in [4.78, 5) is 0. The normalized spacial score (nSPS) is 13.2. The number of benzene rings is 2. The predicted molar refractivity (Wildman–Crippen MR) is 108 cm³/mol. The van der Waals surface area contributed by atoms with Crippen LogP contribution in [0.4, 0.5) is 0 Å². The fourth-order valence-electron chi connectivity index (χ4n) is 3.39. The Morgan fingerprint density at radius 1 is 0.692 bits per heavy atom. The predicted octanol–water partition coefficient (Wildman–Crippen LogP) is 5.33. The van der Waals surface area contributed by atoms with Crippen molar-refractivity contribution < 1.29 is 14.2 Å². The van der Waals surface area contributed by atoms with Gasteiger partial charge < -0.3 is 14.2 Å². The van der Waals surface area contributed by atoms with E-state index in [0.717, 1.165) is 36.5 Å². The van der Waals surface area contributed by atoms with Gasteiger partial charge in [-0.1, -0.05) is 39.0 Å².